The second kappa shape index (κ2) is 8.66. The van der Waals surface area contributed by atoms with Gasteiger partial charge in [0, 0.05) is 18.1 Å². The van der Waals surface area contributed by atoms with Gasteiger partial charge >= 0.3 is 0 Å². The van der Waals surface area contributed by atoms with E-state index in [0.717, 1.165) is 13.2 Å². The van der Waals surface area contributed by atoms with E-state index in [1.807, 2.05) is 11.8 Å². The molecule has 1 rings (SSSR count). The van der Waals surface area contributed by atoms with Gasteiger partial charge in [0.25, 0.3) is 0 Å². The number of ether oxygens (including phenoxy) is 1. The molecule has 0 amide bonds. The van der Waals surface area contributed by atoms with Gasteiger partial charge in [-0.1, -0.05) is 32.0 Å². The Bertz CT molecular complexity index is 259. The third-order valence-corrected chi connectivity index (χ3v) is 3.24. The van der Waals surface area contributed by atoms with Crippen LogP contribution in [0.5, 0.6) is 0 Å². The Labute approximate surface area is 104 Å². The Hall–Kier alpha value is -0.470. The molecular weight excluding hydrogens is 216 g/mol. The maximum atomic E-state index is 5.54. The van der Waals surface area contributed by atoms with Gasteiger partial charge in [0.1, 0.15) is 0 Å². The van der Waals surface area contributed by atoms with Crippen LogP contribution in [0.25, 0.3) is 0 Å². The Balaban J connectivity index is 1.93. The Kier molecular flexibility index (Phi) is 7.35. The highest BCUT2D eigenvalue weighted by Crippen LogP contribution is 2.18. The number of thioether (sulfide) groups is 1. The molecule has 0 saturated carbocycles. The van der Waals surface area contributed by atoms with Gasteiger partial charge < -0.3 is 4.74 Å². The van der Waals surface area contributed by atoms with Crippen LogP contribution in [0.2, 0.25) is 0 Å². The molecule has 0 spiro atoms. The van der Waals surface area contributed by atoms with Gasteiger partial charge in [-0.15, -0.1) is 11.8 Å². The molecule has 1 nitrogen and oxygen atoms in total. The number of benzene rings is 1. The molecule has 0 heterocycles. The molecular formula is C14H22OS. The zero-order chi connectivity index (χ0) is 11.6. The van der Waals surface area contributed by atoms with Crippen LogP contribution in [0.4, 0.5) is 0 Å². The molecule has 1 aromatic carbocycles. The van der Waals surface area contributed by atoms with E-state index >= 15 is 0 Å². The number of hydrogen-bond donors (Lipinski definition) is 0. The molecule has 1 aromatic rings. The minimum atomic E-state index is 0.652. The fourth-order valence-corrected chi connectivity index (χ4v) is 2.27. The normalized spacial score (nSPS) is 10.9. The van der Waals surface area contributed by atoms with Gasteiger partial charge in [0.05, 0.1) is 0 Å². The summed E-state index contributed by atoms with van der Waals surface area (Å²) in [5.41, 5.74) is 0. The molecule has 0 aliphatic carbocycles. The summed E-state index contributed by atoms with van der Waals surface area (Å²) in [7, 11) is 0. The van der Waals surface area contributed by atoms with Gasteiger partial charge in [-0.25, -0.2) is 0 Å². The van der Waals surface area contributed by atoms with Crippen molar-refractivity contribution < 1.29 is 4.74 Å². The third-order valence-electron chi connectivity index (χ3n) is 2.15. The van der Waals surface area contributed by atoms with Crippen molar-refractivity contribution in [1.82, 2.24) is 0 Å². The van der Waals surface area contributed by atoms with E-state index < -0.39 is 0 Å². The monoisotopic (exact) mass is 238 g/mol. The highest BCUT2D eigenvalue weighted by Gasteiger charge is 1.95. The molecule has 0 fully saturated rings. The molecule has 0 N–H and O–H groups in total. The SMILES string of the molecule is CC(C)COCCCCSc1ccccc1. The largest absolute Gasteiger partial charge is 0.381 e. The summed E-state index contributed by atoms with van der Waals surface area (Å²) in [5.74, 6) is 1.84. The summed E-state index contributed by atoms with van der Waals surface area (Å²) in [6.45, 7) is 6.18. The van der Waals surface area contributed by atoms with Crippen molar-refractivity contribution in [1.29, 1.82) is 0 Å². The van der Waals surface area contributed by atoms with Crippen LogP contribution >= 0.6 is 11.8 Å². The van der Waals surface area contributed by atoms with Crippen LogP contribution in [-0.2, 0) is 4.74 Å². The Morgan fingerprint density at radius 3 is 2.56 bits per heavy atom. The molecule has 0 aromatic heterocycles. The second-order valence-electron chi connectivity index (χ2n) is 4.34. The lowest BCUT2D eigenvalue weighted by molar-refractivity contribution is 0.108. The van der Waals surface area contributed by atoms with Gasteiger partial charge in [-0.3, -0.25) is 0 Å². The smallest absolute Gasteiger partial charge is 0.0488 e. The van der Waals surface area contributed by atoms with E-state index in [1.54, 1.807) is 0 Å². The van der Waals surface area contributed by atoms with E-state index in [1.165, 1.54) is 23.5 Å². The average molecular weight is 238 g/mol. The maximum absolute atomic E-state index is 5.54. The topological polar surface area (TPSA) is 9.23 Å². The molecule has 0 saturated heterocycles. The minimum absolute atomic E-state index is 0.652. The number of rotatable bonds is 8. The van der Waals surface area contributed by atoms with Crippen LogP contribution < -0.4 is 0 Å². The first kappa shape index (κ1) is 13.6. The summed E-state index contributed by atoms with van der Waals surface area (Å²) in [6.07, 6.45) is 2.41. The average Bonchev–Trinajstić information content (AvgIpc) is 2.29. The van der Waals surface area contributed by atoms with Gasteiger partial charge in [0.15, 0.2) is 0 Å². The van der Waals surface area contributed by atoms with E-state index in [0.29, 0.717) is 5.92 Å². The number of unbranched alkanes of at least 4 members (excludes halogenated alkanes) is 1. The highest BCUT2D eigenvalue weighted by molar-refractivity contribution is 7.99. The van der Waals surface area contributed by atoms with Crippen molar-refractivity contribution in [2.75, 3.05) is 19.0 Å². The Morgan fingerprint density at radius 1 is 1.12 bits per heavy atom. The van der Waals surface area contributed by atoms with Crippen molar-refractivity contribution in [2.24, 2.45) is 5.92 Å². The van der Waals surface area contributed by atoms with Gasteiger partial charge in [-0.2, -0.15) is 0 Å². The lowest BCUT2D eigenvalue weighted by atomic mass is 10.2. The quantitative estimate of drug-likeness (QED) is 0.495. The van der Waals surface area contributed by atoms with E-state index in [2.05, 4.69) is 44.2 Å². The molecule has 0 radical (unpaired) electrons. The van der Waals surface area contributed by atoms with Gasteiger partial charge in [-0.05, 0) is 36.6 Å². The molecule has 0 aliphatic heterocycles. The predicted molar refractivity (Wildman–Crippen MR) is 72.1 cm³/mol. The summed E-state index contributed by atoms with van der Waals surface area (Å²) >= 11 is 1.93. The molecule has 2 heteroatoms. The predicted octanol–water partition coefficient (Wildman–Crippen LogP) is 4.23. The minimum Gasteiger partial charge on any atom is -0.381 e. The first-order valence-corrected chi connectivity index (χ1v) is 7.03. The summed E-state index contributed by atoms with van der Waals surface area (Å²) in [6, 6.07) is 10.6. The van der Waals surface area contributed by atoms with Crippen molar-refractivity contribution in [2.45, 2.75) is 31.6 Å². The third kappa shape index (κ3) is 6.91. The second-order valence-corrected chi connectivity index (χ2v) is 5.51. The first-order chi connectivity index (χ1) is 7.79. The van der Waals surface area contributed by atoms with Crippen molar-refractivity contribution >= 4 is 11.8 Å². The molecule has 0 atom stereocenters. The number of hydrogen-bond acceptors (Lipinski definition) is 2. The lowest BCUT2D eigenvalue weighted by Gasteiger charge is -2.06. The molecule has 0 bridgehead atoms. The van der Waals surface area contributed by atoms with E-state index in [-0.39, 0.29) is 0 Å². The fourth-order valence-electron chi connectivity index (χ4n) is 1.33. The first-order valence-electron chi connectivity index (χ1n) is 6.04. The van der Waals surface area contributed by atoms with E-state index in [4.69, 9.17) is 4.74 Å². The highest BCUT2D eigenvalue weighted by atomic mass is 32.2. The van der Waals surface area contributed by atoms with Crippen molar-refractivity contribution in [3.8, 4) is 0 Å². The fraction of sp³-hybridized carbons (Fsp3) is 0.571. The maximum Gasteiger partial charge on any atom is 0.0488 e. The standard InChI is InChI=1S/C14H22OS/c1-13(2)12-15-10-6-7-11-16-14-8-4-3-5-9-14/h3-5,8-9,13H,6-7,10-12H2,1-2H3. The van der Waals surface area contributed by atoms with Crippen LogP contribution in [0, 0.1) is 5.92 Å². The van der Waals surface area contributed by atoms with Crippen molar-refractivity contribution in [3.05, 3.63) is 30.3 Å². The zero-order valence-electron chi connectivity index (χ0n) is 10.3. The van der Waals surface area contributed by atoms with Crippen molar-refractivity contribution in [3.63, 3.8) is 0 Å². The lowest BCUT2D eigenvalue weighted by Crippen LogP contribution is -2.03. The zero-order valence-corrected chi connectivity index (χ0v) is 11.1. The summed E-state index contributed by atoms with van der Waals surface area (Å²) in [5, 5.41) is 0. The summed E-state index contributed by atoms with van der Waals surface area (Å²) < 4.78 is 5.54. The molecule has 0 unspecified atom stereocenters. The van der Waals surface area contributed by atoms with E-state index in [9.17, 15) is 0 Å². The van der Waals surface area contributed by atoms with Crippen LogP contribution in [0.1, 0.15) is 26.7 Å². The van der Waals surface area contributed by atoms with Crippen LogP contribution in [0.3, 0.4) is 0 Å². The molecule has 16 heavy (non-hydrogen) atoms. The molecule has 90 valence electrons. The van der Waals surface area contributed by atoms with Crippen LogP contribution in [0.15, 0.2) is 35.2 Å². The Morgan fingerprint density at radius 2 is 1.88 bits per heavy atom. The summed E-state index contributed by atoms with van der Waals surface area (Å²) in [4.78, 5) is 1.37. The van der Waals surface area contributed by atoms with Crippen LogP contribution in [-0.4, -0.2) is 19.0 Å². The molecule has 0 aliphatic rings. The van der Waals surface area contributed by atoms with Gasteiger partial charge in [0.2, 0.25) is 0 Å².